The van der Waals surface area contributed by atoms with E-state index in [1.165, 1.54) is 0 Å². The van der Waals surface area contributed by atoms with E-state index in [-0.39, 0.29) is 11.3 Å². The Kier molecular flexibility index (Phi) is 4.42. The molecule has 0 saturated carbocycles. The van der Waals surface area contributed by atoms with Crippen molar-refractivity contribution in [2.24, 2.45) is 0 Å². The Balaban J connectivity index is 3.20. The molecule has 1 unspecified atom stereocenters. The molecule has 102 valence electrons. The highest BCUT2D eigenvalue weighted by molar-refractivity contribution is 7.89. The first-order chi connectivity index (χ1) is 8.81. The molecule has 0 spiro atoms. The van der Waals surface area contributed by atoms with Gasteiger partial charge in [0.15, 0.2) is 5.75 Å². The Hall–Kier alpha value is -2.18. The van der Waals surface area contributed by atoms with Crippen LogP contribution in [0.5, 0.6) is 5.75 Å². The Labute approximate surface area is 109 Å². The Morgan fingerprint density at radius 3 is 2.68 bits per heavy atom. The van der Waals surface area contributed by atoms with E-state index in [9.17, 15) is 23.6 Å². The molecule has 8 nitrogen and oxygen atoms in total. The van der Waals surface area contributed by atoms with Gasteiger partial charge in [0.1, 0.15) is 6.04 Å². The summed E-state index contributed by atoms with van der Waals surface area (Å²) in [5, 5.41) is 28.5. The molecule has 1 aromatic rings. The second-order valence-corrected chi connectivity index (χ2v) is 5.33. The van der Waals surface area contributed by atoms with Gasteiger partial charge in [-0.2, -0.15) is 9.98 Å². The van der Waals surface area contributed by atoms with Crippen LogP contribution in [0.4, 0.5) is 5.69 Å². The van der Waals surface area contributed by atoms with Crippen LogP contribution < -0.4 is 4.72 Å². The van der Waals surface area contributed by atoms with Crippen LogP contribution in [0.15, 0.2) is 23.1 Å². The van der Waals surface area contributed by atoms with E-state index < -0.39 is 32.4 Å². The molecule has 1 rings (SSSR count). The molecule has 0 aliphatic heterocycles. The fraction of sp³-hybridized carbons (Fsp3) is 0.300. The first-order valence-corrected chi connectivity index (χ1v) is 6.69. The molecule has 19 heavy (non-hydrogen) atoms. The number of nitro groups is 1. The van der Waals surface area contributed by atoms with Crippen molar-refractivity contribution in [1.29, 1.82) is 5.26 Å². The van der Waals surface area contributed by atoms with Crippen LogP contribution in [0.1, 0.15) is 13.3 Å². The van der Waals surface area contributed by atoms with Gasteiger partial charge in [-0.15, -0.1) is 0 Å². The number of benzene rings is 1. The normalized spacial score (nSPS) is 12.6. The van der Waals surface area contributed by atoms with E-state index in [0.29, 0.717) is 0 Å². The quantitative estimate of drug-likeness (QED) is 0.609. The van der Waals surface area contributed by atoms with Crippen LogP contribution in [0, 0.1) is 21.4 Å². The summed E-state index contributed by atoms with van der Waals surface area (Å²) in [7, 11) is -4.04. The zero-order chi connectivity index (χ0) is 14.6. The molecule has 1 atom stereocenters. The average molecular weight is 285 g/mol. The number of phenolic OH excluding ortho intramolecular Hbond substituents is 1. The van der Waals surface area contributed by atoms with Gasteiger partial charge in [-0.05, 0) is 18.6 Å². The van der Waals surface area contributed by atoms with Gasteiger partial charge in [-0.25, -0.2) is 8.42 Å². The van der Waals surface area contributed by atoms with Crippen LogP contribution in [-0.4, -0.2) is 24.5 Å². The number of nitriles is 1. The number of hydrogen-bond acceptors (Lipinski definition) is 6. The zero-order valence-corrected chi connectivity index (χ0v) is 10.7. The molecule has 1 aromatic carbocycles. The molecule has 0 aromatic heterocycles. The van der Waals surface area contributed by atoms with E-state index in [0.717, 1.165) is 18.2 Å². The molecule has 9 heteroatoms. The van der Waals surface area contributed by atoms with Crippen molar-refractivity contribution in [1.82, 2.24) is 4.72 Å². The molecule has 0 saturated heterocycles. The van der Waals surface area contributed by atoms with Crippen LogP contribution in [-0.2, 0) is 10.0 Å². The van der Waals surface area contributed by atoms with E-state index in [4.69, 9.17) is 5.26 Å². The molecule has 0 aliphatic rings. The summed E-state index contributed by atoms with van der Waals surface area (Å²) in [6.07, 6.45) is 0.260. The van der Waals surface area contributed by atoms with Gasteiger partial charge in [0.05, 0.1) is 15.9 Å². The lowest BCUT2D eigenvalue weighted by Crippen LogP contribution is -2.33. The predicted octanol–water partition coefficient (Wildman–Crippen LogP) is 0.881. The maximum atomic E-state index is 11.9. The third-order valence-electron chi connectivity index (χ3n) is 2.32. The number of nitro benzene ring substituents is 1. The van der Waals surface area contributed by atoms with Crippen molar-refractivity contribution < 1.29 is 18.4 Å². The van der Waals surface area contributed by atoms with Gasteiger partial charge in [-0.1, -0.05) is 6.92 Å². The minimum Gasteiger partial charge on any atom is -0.502 e. The third-order valence-corrected chi connectivity index (χ3v) is 3.78. The summed E-state index contributed by atoms with van der Waals surface area (Å²) in [5.41, 5.74) is -0.715. The van der Waals surface area contributed by atoms with Crippen molar-refractivity contribution in [3.63, 3.8) is 0 Å². The summed E-state index contributed by atoms with van der Waals surface area (Å²) in [6.45, 7) is 1.62. The Morgan fingerprint density at radius 1 is 1.58 bits per heavy atom. The number of sulfonamides is 1. The standard InChI is InChI=1S/C10H11N3O5S/c1-2-7(6-11)12-19(17,18)8-3-4-10(14)9(5-8)13(15)16/h3-5,7,12,14H,2H2,1H3. The second-order valence-electron chi connectivity index (χ2n) is 3.62. The molecule has 2 N–H and O–H groups in total. The minimum absolute atomic E-state index is 0.260. The number of phenols is 1. The van der Waals surface area contributed by atoms with Crippen LogP contribution in [0.2, 0.25) is 0 Å². The minimum atomic E-state index is -4.04. The highest BCUT2D eigenvalue weighted by Gasteiger charge is 2.23. The first kappa shape index (κ1) is 14.9. The summed E-state index contributed by atoms with van der Waals surface area (Å²) in [4.78, 5) is 9.34. The SMILES string of the molecule is CCC(C#N)NS(=O)(=O)c1ccc(O)c([N+](=O)[O-])c1. The largest absolute Gasteiger partial charge is 0.502 e. The van der Waals surface area contributed by atoms with Gasteiger partial charge in [-0.3, -0.25) is 10.1 Å². The van der Waals surface area contributed by atoms with E-state index in [1.807, 2.05) is 0 Å². The molecular formula is C10H11N3O5S. The van der Waals surface area contributed by atoms with Crippen LogP contribution in [0.25, 0.3) is 0 Å². The number of hydrogen-bond donors (Lipinski definition) is 2. The summed E-state index contributed by atoms with van der Waals surface area (Å²) >= 11 is 0. The molecular weight excluding hydrogens is 274 g/mol. The van der Waals surface area contributed by atoms with Crippen molar-refractivity contribution in [2.75, 3.05) is 0 Å². The van der Waals surface area contributed by atoms with Crippen molar-refractivity contribution in [3.8, 4) is 11.8 Å². The van der Waals surface area contributed by atoms with Crippen LogP contribution >= 0.6 is 0 Å². The predicted molar refractivity (Wildman–Crippen MR) is 64.8 cm³/mol. The maximum absolute atomic E-state index is 11.9. The molecule has 0 bridgehead atoms. The topological polar surface area (TPSA) is 133 Å². The molecule has 0 heterocycles. The van der Waals surface area contributed by atoms with Crippen molar-refractivity contribution >= 4 is 15.7 Å². The number of nitrogens with one attached hydrogen (secondary N) is 1. The summed E-state index contributed by atoms with van der Waals surface area (Å²) in [6, 6.07) is 3.51. The lowest BCUT2D eigenvalue weighted by atomic mass is 10.3. The lowest BCUT2D eigenvalue weighted by molar-refractivity contribution is -0.386. The number of aromatic hydroxyl groups is 1. The summed E-state index contributed by atoms with van der Waals surface area (Å²) < 4.78 is 25.9. The lowest BCUT2D eigenvalue weighted by Gasteiger charge is -2.10. The van der Waals surface area contributed by atoms with E-state index in [1.54, 1.807) is 13.0 Å². The van der Waals surface area contributed by atoms with Gasteiger partial charge < -0.3 is 5.11 Å². The van der Waals surface area contributed by atoms with Gasteiger partial charge >= 0.3 is 5.69 Å². The number of rotatable bonds is 5. The van der Waals surface area contributed by atoms with Gasteiger partial charge in [0, 0.05) is 6.07 Å². The maximum Gasteiger partial charge on any atom is 0.312 e. The van der Waals surface area contributed by atoms with Crippen molar-refractivity contribution in [3.05, 3.63) is 28.3 Å². The van der Waals surface area contributed by atoms with E-state index >= 15 is 0 Å². The van der Waals surface area contributed by atoms with Gasteiger partial charge in [0.2, 0.25) is 10.0 Å². The smallest absolute Gasteiger partial charge is 0.312 e. The van der Waals surface area contributed by atoms with Crippen molar-refractivity contribution in [2.45, 2.75) is 24.3 Å². The molecule has 0 fully saturated rings. The monoisotopic (exact) mass is 285 g/mol. The van der Waals surface area contributed by atoms with Crippen LogP contribution in [0.3, 0.4) is 0 Å². The van der Waals surface area contributed by atoms with Gasteiger partial charge in [0.25, 0.3) is 0 Å². The first-order valence-electron chi connectivity index (χ1n) is 5.21. The average Bonchev–Trinajstić information content (AvgIpc) is 2.35. The highest BCUT2D eigenvalue weighted by atomic mass is 32.2. The zero-order valence-electron chi connectivity index (χ0n) is 9.90. The molecule has 0 aliphatic carbocycles. The fourth-order valence-electron chi connectivity index (χ4n) is 1.27. The fourth-order valence-corrected chi connectivity index (χ4v) is 2.52. The van der Waals surface area contributed by atoms with E-state index in [2.05, 4.69) is 4.72 Å². The Morgan fingerprint density at radius 2 is 2.21 bits per heavy atom. The second kappa shape index (κ2) is 5.64. The molecule has 0 amide bonds. The highest BCUT2D eigenvalue weighted by Crippen LogP contribution is 2.28. The number of nitrogens with zero attached hydrogens (tertiary/aromatic N) is 2. The third kappa shape index (κ3) is 3.40. The molecule has 0 radical (unpaired) electrons. The summed E-state index contributed by atoms with van der Waals surface area (Å²) in [5.74, 6) is -0.628. The Bertz CT molecular complexity index is 635.